The molecule has 132 valence electrons. The first-order valence-corrected chi connectivity index (χ1v) is 9.57. The third kappa shape index (κ3) is 4.08. The summed E-state index contributed by atoms with van der Waals surface area (Å²) in [4.78, 5) is 39.7. The second-order valence-corrected chi connectivity index (χ2v) is 8.29. The Hall–Kier alpha value is -2.19. The highest BCUT2D eigenvalue weighted by molar-refractivity contribution is 7.15. The van der Waals surface area contributed by atoms with Crippen molar-refractivity contribution in [3.63, 3.8) is 0 Å². The fourth-order valence-electron chi connectivity index (χ4n) is 2.76. The smallest absolute Gasteiger partial charge is 0.345 e. The van der Waals surface area contributed by atoms with Crippen molar-refractivity contribution in [2.45, 2.75) is 25.8 Å². The van der Waals surface area contributed by atoms with E-state index in [1.807, 2.05) is 19.1 Å². The molecule has 1 aliphatic rings. The summed E-state index contributed by atoms with van der Waals surface area (Å²) in [5.74, 6) is -1.22. The molecule has 2 amide bonds. The molecule has 1 aliphatic heterocycles. The molecule has 0 unspecified atom stereocenters. The highest BCUT2D eigenvalue weighted by Gasteiger charge is 2.26. The molecular formula is C17H18N2O4S2. The van der Waals surface area contributed by atoms with E-state index >= 15 is 0 Å². The minimum atomic E-state index is -1.02. The molecule has 0 spiro atoms. The summed E-state index contributed by atoms with van der Waals surface area (Å²) in [6.45, 7) is 3.06. The fraction of sp³-hybridized carbons (Fsp3) is 0.353. The zero-order valence-corrected chi connectivity index (χ0v) is 15.3. The van der Waals surface area contributed by atoms with Crippen molar-refractivity contribution in [2.24, 2.45) is 0 Å². The van der Waals surface area contributed by atoms with Crippen LogP contribution in [0.5, 0.6) is 0 Å². The number of piperidine rings is 1. The molecule has 0 aliphatic carbocycles. The summed E-state index contributed by atoms with van der Waals surface area (Å²) in [5.41, 5.74) is 0. The van der Waals surface area contributed by atoms with E-state index in [1.54, 1.807) is 11.0 Å². The van der Waals surface area contributed by atoms with Gasteiger partial charge in [0, 0.05) is 24.0 Å². The van der Waals surface area contributed by atoms with Gasteiger partial charge in [-0.3, -0.25) is 9.59 Å². The predicted octanol–water partition coefficient (Wildman–Crippen LogP) is 2.85. The Labute approximate surface area is 153 Å². The molecule has 2 aromatic rings. The maximum Gasteiger partial charge on any atom is 0.345 e. The zero-order chi connectivity index (χ0) is 18.0. The number of likely N-dealkylation sites (tertiary alicyclic amines) is 1. The van der Waals surface area contributed by atoms with Crippen molar-refractivity contribution >= 4 is 40.5 Å². The Kier molecular flexibility index (Phi) is 5.19. The van der Waals surface area contributed by atoms with Gasteiger partial charge in [0.05, 0.1) is 9.75 Å². The lowest BCUT2D eigenvalue weighted by Gasteiger charge is -2.32. The van der Waals surface area contributed by atoms with Crippen LogP contribution in [0.3, 0.4) is 0 Å². The number of carbonyl (C=O) groups is 3. The van der Waals surface area contributed by atoms with E-state index in [1.165, 1.54) is 17.4 Å². The van der Waals surface area contributed by atoms with Crippen LogP contribution >= 0.6 is 22.7 Å². The van der Waals surface area contributed by atoms with E-state index < -0.39 is 5.97 Å². The number of nitrogens with zero attached hydrogens (tertiary/aromatic N) is 1. The first-order chi connectivity index (χ1) is 11.9. The van der Waals surface area contributed by atoms with Gasteiger partial charge < -0.3 is 15.3 Å². The number of carboxylic acids is 1. The summed E-state index contributed by atoms with van der Waals surface area (Å²) < 4.78 is 0. The number of aromatic carboxylic acids is 1. The number of thiophene rings is 2. The molecule has 0 saturated carbocycles. The van der Waals surface area contributed by atoms with Crippen molar-refractivity contribution in [1.82, 2.24) is 10.2 Å². The lowest BCUT2D eigenvalue weighted by Crippen LogP contribution is -2.46. The first-order valence-electron chi connectivity index (χ1n) is 7.94. The molecule has 6 nitrogen and oxygen atoms in total. The van der Waals surface area contributed by atoms with Gasteiger partial charge in [0.1, 0.15) is 4.88 Å². The number of carboxylic acid groups (broad SMARTS) is 1. The van der Waals surface area contributed by atoms with E-state index in [0.717, 1.165) is 16.2 Å². The average molecular weight is 378 g/mol. The van der Waals surface area contributed by atoms with E-state index in [2.05, 4.69) is 5.32 Å². The lowest BCUT2D eigenvalue weighted by atomic mass is 10.0. The number of hydrogen-bond donors (Lipinski definition) is 2. The average Bonchev–Trinajstić information content (AvgIpc) is 3.24. The van der Waals surface area contributed by atoms with Crippen LogP contribution in [0.1, 0.15) is 46.7 Å². The van der Waals surface area contributed by atoms with Crippen LogP contribution in [-0.4, -0.2) is 46.9 Å². The van der Waals surface area contributed by atoms with Crippen LogP contribution in [-0.2, 0) is 0 Å². The highest BCUT2D eigenvalue weighted by Crippen LogP contribution is 2.21. The van der Waals surface area contributed by atoms with Gasteiger partial charge in [0.25, 0.3) is 11.8 Å². The molecule has 0 bridgehead atoms. The molecule has 8 heteroatoms. The normalized spacial score (nSPS) is 15.2. The van der Waals surface area contributed by atoms with Gasteiger partial charge in [-0.05, 0) is 44.0 Å². The van der Waals surface area contributed by atoms with E-state index in [9.17, 15) is 14.4 Å². The van der Waals surface area contributed by atoms with Gasteiger partial charge >= 0.3 is 5.97 Å². The fourth-order valence-corrected chi connectivity index (χ4v) is 4.35. The van der Waals surface area contributed by atoms with Crippen molar-refractivity contribution < 1.29 is 19.5 Å². The third-order valence-corrected chi connectivity index (χ3v) is 6.17. The number of rotatable bonds is 4. The van der Waals surface area contributed by atoms with Crippen molar-refractivity contribution in [3.05, 3.63) is 43.8 Å². The summed E-state index contributed by atoms with van der Waals surface area (Å²) >= 11 is 2.46. The van der Waals surface area contributed by atoms with Crippen molar-refractivity contribution in [1.29, 1.82) is 0 Å². The standard InChI is InChI=1S/C17H18N2O4S2/c1-10-2-3-12(24-10)15(20)18-11-6-8-19(9-7-11)16(21)13-4-5-14(25-13)17(22)23/h2-5,11H,6-9H2,1H3,(H,18,20)(H,22,23). The Bertz CT molecular complexity index is 803. The van der Waals surface area contributed by atoms with Gasteiger partial charge in [-0.25, -0.2) is 4.79 Å². The number of hydrogen-bond acceptors (Lipinski definition) is 5. The van der Waals surface area contributed by atoms with Gasteiger partial charge in [-0.1, -0.05) is 0 Å². The minimum absolute atomic E-state index is 0.0527. The molecule has 0 radical (unpaired) electrons. The van der Waals surface area contributed by atoms with Crippen LogP contribution in [0.25, 0.3) is 0 Å². The Morgan fingerprint density at radius 1 is 1.04 bits per heavy atom. The number of carbonyl (C=O) groups excluding carboxylic acids is 2. The molecule has 2 N–H and O–H groups in total. The molecular weight excluding hydrogens is 360 g/mol. The number of aryl methyl sites for hydroxylation is 1. The highest BCUT2D eigenvalue weighted by atomic mass is 32.1. The first kappa shape index (κ1) is 17.6. The van der Waals surface area contributed by atoms with Gasteiger partial charge in [-0.15, -0.1) is 22.7 Å². The van der Waals surface area contributed by atoms with Gasteiger partial charge in [0.2, 0.25) is 0 Å². The van der Waals surface area contributed by atoms with Crippen LogP contribution in [0.15, 0.2) is 24.3 Å². The second-order valence-electron chi connectivity index (χ2n) is 5.92. The molecule has 2 aromatic heterocycles. The summed E-state index contributed by atoms with van der Waals surface area (Å²) in [7, 11) is 0. The molecule has 0 aromatic carbocycles. The lowest BCUT2D eigenvalue weighted by molar-refractivity contribution is 0.0693. The number of nitrogens with one attached hydrogen (secondary N) is 1. The van der Waals surface area contributed by atoms with Crippen molar-refractivity contribution in [3.8, 4) is 0 Å². The largest absolute Gasteiger partial charge is 0.477 e. The monoisotopic (exact) mass is 378 g/mol. The maximum atomic E-state index is 12.4. The Balaban J connectivity index is 1.53. The molecule has 0 atom stereocenters. The molecule has 1 fully saturated rings. The summed E-state index contributed by atoms with van der Waals surface area (Å²) in [5, 5.41) is 12.0. The quantitative estimate of drug-likeness (QED) is 0.856. The van der Waals surface area contributed by atoms with E-state index in [-0.39, 0.29) is 22.7 Å². The minimum Gasteiger partial charge on any atom is -0.477 e. The molecule has 3 heterocycles. The molecule has 3 rings (SSSR count). The van der Waals surface area contributed by atoms with Crippen LogP contribution in [0.4, 0.5) is 0 Å². The van der Waals surface area contributed by atoms with Crippen LogP contribution in [0.2, 0.25) is 0 Å². The predicted molar refractivity (Wildman–Crippen MR) is 96.7 cm³/mol. The van der Waals surface area contributed by atoms with Crippen LogP contribution in [0, 0.1) is 6.92 Å². The molecule has 1 saturated heterocycles. The van der Waals surface area contributed by atoms with Crippen molar-refractivity contribution in [2.75, 3.05) is 13.1 Å². The maximum absolute atomic E-state index is 12.4. The van der Waals surface area contributed by atoms with E-state index in [4.69, 9.17) is 5.11 Å². The summed E-state index contributed by atoms with van der Waals surface area (Å²) in [6.07, 6.45) is 1.39. The van der Waals surface area contributed by atoms with Gasteiger partial charge in [0.15, 0.2) is 0 Å². The van der Waals surface area contributed by atoms with Gasteiger partial charge in [-0.2, -0.15) is 0 Å². The van der Waals surface area contributed by atoms with Crippen LogP contribution < -0.4 is 5.32 Å². The summed E-state index contributed by atoms with van der Waals surface area (Å²) in [6, 6.07) is 6.81. The van der Waals surface area contributed by atoms with E-state index in [0.29, 0.717) is 35.7 Å². The SMILES string of the molecule is Cc1ccc(C(=O)NC2CCN(C(=O)c3ccc(C(=O)O)s3)CC2)s1. The molecule has 25 heavy (non-hydrogen) atoms. The Morgan fingerprint density at radius 2 is 1.68 bits per heavy atom. The topological polar surface area (TPSA) is 86.7 Å². The second kappa shape index (κ2) is 7.37. The zero-order valence-electron chi connectivity index (χ0n) is 13.7. The third-order valence-electron chi connectivity index (χ3n) is 4.11. The number of amides is 2. The Morgan fingerprint density at radius 3 is 2.24 bits per heavy atom.